The molecule has 1 aromatic rings. The highest BCUT2D eigenvalue weighted by Gasteiger charge is 2.22. The second kappa shape index (κ2) is 6.35. The summed E-state index contributed by atoms with van der Waals surface area (Å²) in [6.45, 7) is 0. The van der Waals surface area contributed by atoms with E-state index in [-0.39, 0.29) is 17.3 Å². The molecule has 2 rings (SSSR count). The third kappa shape index (κ3) is 3.36. The third-order valence-corrected chi connectivity index (χ3v) is 4.82. The van der Waals surface area contributed by atoms with E-state index in [0.717, 1.165) is 25.3 Å². The van der Waals surface area contributed by atoms with Crippen molar-refractivity contribution in [2.24, 2.45) is 5.73 Å². The molecule has 1 aliphatic rings. The van der Waals surface area contributed by atoms with Crippen LogP contribution in [-0.2, 0) is 0 Å². The van der Waals surface area contributed by atoms with Gasteiger partial charge in [0.05, 0.1) is 11.3 Å². The first-order valence-electron chi connectivity index (χ1n) is 6.69. The van der Waals surface area contributed by atoms with Gasteiger partial charge < -0.3 is 16.8 Å². The number of benzene rings is 1. The van der Waals surface area contributed by atoms with Gasteiger partial charge in [-0.2, -0.15) is 11.8 Å². The molecule has 20 heavy (non-hydrogen) atoms. The molecule has 0 spiro atoms. The van der Waals surface area contributed by atoms with Gasteiger partial charge in [0.25, 0.3) is 5.91 Å². The molecule has 0 aliphatic heterocycles. The summed E-state index contributed by atoms with van der Waals surface area (Å²) in [4.78, 5) is 11.3. The largest absolute Gasteiger partial charge is 0.398 e. The van der Waals surface area contributed by atoms with Crippen LogP contribution in [0.4, 0.5) is 15.8 Å². The van der Waals surface area contributed by atoms with Crippen molar-refractivity contribution in [2.75, 3.05) is 17.3 Å². The molecule has 5 N–H and O–H groups in total. The molecule has 1 saturated carbocycles. The molecular weight excluding hydrogens is 277 g/mol. The fourth-order valence-corrected chi connectivity index (χ4v) is 3.45. The zero-order valence-electron chi connectivity index (χ0n) is 11.5. The van der Waals surface area contributed by atoms with E-state index in [4.69, 9.17) is 11.5 Å². The predicted octanol–water partition coefficient (Wildman–Crippen LogP) is 2.59. The highest BCUT2D eigenvalue weighted by molar-refractivity contribution is 7.99. The number of nitrogen functional groups attached to an aromatic ring is 1. The van der Waals surface area contributed by atoms with Crippen molar-refractivity contribution < 1.29 is 9.18 Å². The number of carbonyl (C=O) groups is 1. The summed E-state index contributed by atoms with van der Waals surface area (Å²) in [5.41, 5.74) is 11.4. The molecule has 1 amide bonds. The van der Waals surface area contributed by atoms with Crippen LogP contribution in [0, 0.1) is 5.82 Å². The van der Waals surface area contributed by atoms with Gasteiger partial charge in [0.15, 0.2) is 0 Å². The molecule has 0 bridgehead atoms. The number of rotatable bonds is 4. The van der Waals surface area contributed by atoms with Gasteiger partial charge in [0.1, 0.15) is 5.82 Å². The average Bonchev–Trinajstić information content (AvgIpc) is 2.41. The number of nitrogens with one attached hydrogen (secondary N) is 1. The lowest BCUT2D eigenvalue weighted by Gasteiger charge is -2.29. The van der Waals surface area contributed by atoms with Crippen LogP contribution in [-0.4, -0.2) is 23.5 Å². The first-order chi connectivity index (χ1) is 9.51. The van der Waals surface area contributed by atoms with Crippen LogP contribution < -0.4 is 16.8 Å². The number of carbonyl (C=O) groups excluding carboxylic acids is 1. The SMILES string of the molecule is CSC1CCCC(Nc2cc(C(N)=O)c(N)cc2F)C1. The smallest absolute Gasteiger partial charge is 0.250 e. The van der Waals surface area contributed by atoms with E-state index in [1.807, 2.05) is 11.8 Å². The second-order valence-corrected chi connectivity index (χ2v) is 6.29. The third-order valence-electron chi connectivity index (χ3n) is 3.72. The monoisotopic (exact) mass is 297 g/mol. The van der Waals surface area contributed by atoms with Crippen LogP contribution in [0.1, 0.15) is 36.0 Å². The van der Waals surface area contributed by atoms with Crippen LogP contribution in [0.2, 0.25) is 0 Å². The van der Waals surface area contributed by atoms with E-state index in [2.05, 4.69) is 11.6 Å². The van der Waals surface area contributed by atoms with E-state index in [1.165, 1.54) is 12.5 Å². The van der Waals surface area contributed by atoms with E-state index >= 15 is 0 Å². The van der Waals surface area contributed by atoms with Gasteiger partial charge in [-0.25, -0.2) is 4.39 Å². The molecule has 1 fully saturated rings. The second-order valence-electron chi connectivity index (χ2n) is 5.15. The Balaban J connectivity index is 2.16. The fraction of sp³-hybridized carbons (Fsp3) is 0.500. The molecule has 0 saturated heterocycles. The maximum Gasteiger partial charge on any atom is 0.250 e. The summed E-state index contributed by atoms with van der Waals surface area (Å²) in [5, 5.41) is 3.79. The predicted molar refractivity (Wildman–Crippen MR) is 82.5 cm³/mol. The van der Waals surface area contributed by atoms with Gasteiger partial charge in [0.2, 0.25) is 0 Å². The molecular formula is C14H20FN3OS. The highest BCUT2D eigenvalue weighted by Crippen LogP contribution is 2.30. The minimum Gasteiger partial charge on any atom is -0.398 e. The van der Waals surface area contributed by atoms with Crippen molar-refractivity contribution in [3.63, 3.8) is 0 Å². The highest BCUT2D eigenvalue weighted by atomic mass is 32.2. The number of hydrogen-bond acceptors (Lipinski definition) is 4. The molecule has 2 unspecified atom stereocenters. The Morgan fingerprint density at radius 3 is 2.85 bits per heavy atom. The van der Waals surface area contributed by atoms with E-state index in [9.17, 15) is 9.18 Å². The summed E-state index contributed by atoms with van der Waals surface area (Å²) in [6, 6.07) is 2.78. The summed E-state index contributed by atoms with van der Waals surface area (Å²) in [6.07, 6.45) is 6.43. The van der Waals surface area contributed by atoms with E-state index in [0.29, 0.717) is 10.9 Å². The molecule has 0 aromatic heterocycles. The molecule has 2 atom stereocenters. The Morgan fingerprint density at radius 1 is 1.45 bits per heavy atom. The topological polar surface area (TPSA) is 81.1 Å². The van der Waals surface area contributed by atoms with Crippen molar-refractivity contribution in [1.82, 2.24) is 0 Å². The number of thioether (sulfide) groups is 1. The van der Waals surface area contributed by atoms with Crippen LogP contribution in [0.15, 0.2) is 12.1 Å². The lowest BCUT2D eigenvalue weighted by atomic mass is 9.94. The van der Waals surface area contributed by atoms with E-state index < -0.39 is 11.7 Å². The van der Waals surface area contributed by atoms with Crippen molar-refractivity contribution in [1.29, 1.82) is 0 Å². The summed E-state index contributed by atoms with van der Waals surface area (Å²) >= 11 is 1.85. The quantitative estimate of drug-likeness (QED) is 0.746. The minimum atomic E-state index is -0.642. The zero-order chi connectivity index (χ0) is 14.7. The maximum atomic E-state index is 13.9. The van der Waals surface area contributed by atoms with Gasteiger partial charge in [-0.05, 0) is 37.7 Å². The zero-order valence-corrected chi connectivity index (χ0v) is 12.3. The molecule has 6 heteroatoms. The first-order valence-corrected chi connectivity index (χ1v) is 7.98. The normalized spacial score (nSPS) is 22.5. The number of nitrogens with two attached hydrogens (primary N) is 2. The maximum absolute atomic E-state index is 13.9. The van der Waals surface area contributed by atoms with Crippen molar-refractivity contribution >= 4 is 29.0 Å². The summed E-state index contributed by atoms with van der Waals surface area (Å²) in [7, 11) is 0. The number of amides is 1. The standard InChI is InChI=1S/C14H20FN3OS/c1-20-9-4-2-3-8(5-9)18-13-6-10(14(17)19)12(16)7-11(13)15/h6-9,18H,2-5,16H2,1H3,(H2,17,19). The van der Waals surface area contributed by atoms with Crippen LogP contribution >= 0.6 is 11.8 Å². The Morgan fingerprint density at radius 2 is 2.20 bits per heavy atom. The van der Waals surface area contributed by atoms with E-state index in [1.54, 1.807) is 0 Å². The molecule has 1 aliphatic carbocycles. The lowest BCUT2D eigenvalue weighted by Crippen LogP contribution is -2.29. The molecule has 0 radical (unpaired) electrons. The summed E-state index contributed by atoms with van der Waals surface area (Å²) in [5.74, 6) is -1.09. The fourth-order valence-electron chi connectivity index (χ4n) is 2.62. The summed E-state index contributed by atoms with van der Waals surface area (Å²) < 4.78 is 13.9. The van der Waals surface area contributed by atoms with Crippen LogP contribution in [0.25, 0.3) is 0 Å². The number of hydrogen-bond donors (Lipinski definition) is 3. The molecule has 1 aromatic carbocycles. The van der Waals surface area contributed by atoms with Crippen molar-refractivity contribution in [3.8, 4) is 0 Å². The number of primary amides is 1. The molecule has 4 nitrogen and oxygen atoms in total. The first kappa shape index (κ1) is 15.0. The van der Waals surface area contributed by atoms with Gasteiger partial charge in [-0.1, -0.05) is 6.42 Å². The Kier molecular flexibility index (Phi) is 4.75. The Labute approximate surface area is 122 Å². The Bertz CT molecular complexity index is 509. The lowest BCUT2D eigenvalue weighted by molar-refractivity contribution is 0.100. The number of anilines is 2. The van der Waals surface area contributed by atoms with Gasteiger partial charge >= 0.3 is 0 Å². The van der Waals surface area contributed by atoms with Crippen LogP contribution in [0.5, 0.6) is 0 Å². The van der Waals surface area contributed by atoms with Crippen LogP contribution in [0.3, 0.4) is 0 Å². The Hall–Kier alpha value is -1.43. The van der Waals surface area contributed by atoms with Gasteiger partial charge in [0, 0.05) is 17.0 Å². The van der Waals surface area contributed by atoms with Gasteiger partial charge in [-0.3, -0.25) is 4.79 Å². The minimum absolute atomic E-state index is 0.0752. The van der Waals surface area contributed by atoms with Gasteiger partial charge in [-0.15, -0.1) is 0 Å². The molecule has 0 heterocycles. The number of halogens is 1. The molecule has 110 valence electrons. The average molecular weight is 297 g/mol. The van der Waals surface area contributed by atoms with Crippen molar-refractivity contribution in [3.05, 3.63) is 23.5 Å². The van der Waals surface area contributed by atoms with Crippen molar-refractivity contribution in [2.45, 2.75) is 37.0 Å².